The van der Waals surface area contributed by atoms with E-state index >= 15 is 0 Å². The summed E-state index contributed by atoms with van der Waals surface area (Å²) in [5, 5.41) is 0. The first-order valence-corrected chi connectivity index (χ1v) is 11.5. The number of ketones is 1. The largest absolute Gasteiger partial charge is 0.493 e. The maximum Gasteiger partial charge on any atom is 0.185 e. The number of hydrogen-bond donors (Lipinski definition) is 1. The summed E-state index contributed by atoms with van der Waals surface area (Å²) < 4.78 is 12.4. The summed E-state index contributed by atoms with van der Waals surface area (Å²) in [5.74, 6) is 1.37. The summed E-state index contributed by atoms with van der Waals surface area (Å²) in [6.45, 7) is 13.7. The van der Waals surface area contributed by atoms with E-state index in [-0.39, 0.29) is 11.2 Å². The van der Waals surface area contributed by atoms with Crippen molar-refractivity contribution in [3.8, 4) is 11.5 Å². The first-order chi connectivity index (χ1) is 15.3. The minimum Gasteiger partial charge on any atom is -0.493 e. The van der Waals surface area contributed by atoms with Gasteiger partial charge in [0, 0.05) is 22.2 Å². The molecular formula is C28H37NO3. The third-order valence-corrected chi connectivity index (χ3v) is 5.46. The smallest absolute Gasteiger partial charge is 0.185 e. The lowest BCUT2D eigenvalue weighted by Gasteiger charge is -2.26. The van der Waals surface area contributed by atoms with Gasteiger partial charge >= 0.3 is 0 Å². The number of anilines is 1. The van der Waals surface area contributed by atoms with Crippen molar-refractivity contribution in [2.45, 2.75) is 58.8 Å². The highest BCUT2D eigenvalue weighted by molar-refractivity contribution is 6.07. The molecule has 0 spiro atoms. The normalized spacial score (nSPS) is 11.5. The van der Waals surface area contributed by atoms with Gasteiger partial charge in [-0.3, -0.25) is 4.79 Å². The number of ether oxygens (including phenoxy) is 2. The molecule has 4 heteroatoms. The lowest BCUT2D eigenvalue weighted by atomic mass is 9.83. The molecule has 172 valence electrons. The highest BCUT2D eigenvalue weighted by Crippen LogP contribution is 2.40. The molecule has 0 amide bonds. The van der Waals surface area contributed by atoms with Gasteiger partial charge in [-0.1, -0.05) is 52.7 Å². The molecule has 0 aliphatic heterocycles. The zero-order valence-electron chi connectivity index (χ0n) is 19.9. The third kappa shape index (κ3) is 6.74. The van der Waals surface area contributed by atoms with E-state index in [1.54, 1.807) is 30.3 Å². The van der Waals surface area contributed by atoms with Crippen molar-refractivity contribution in [2.75, 3.05) is 18.9 Å². The van der Waals surface area contributed by atoms with E-state index < -0.39 is 0 Å². The summed E-state index contributed by atoms with van der Waals surface area (Å²) in [4.78, 5) is 12.8. The van der Waals surface area contributed by atoms with Crippen LogP contribution in [0.5, 0.6) is 11.5 Å². The van der Waals surface area contributed by atoms with Gasteiger partial charge in [-0.15, -0.1) is 6.58 Å². The molecule has 0 bridgehead atoms. The number of nitrogens with two attached hydrogens (primary N) is 1. The van der Waals surface area contributed by atoms with Crippen LogP contribution < -0.4 is 15.2 Å². The maximum absolute atomic E-state index is 12.8. The van der Waals surface area contributed by atoms with Crippen molar-refractivity contribution >= 4 is 17.5 Å². The SMILES string of the molecule is C=CC(C)(C)c1ccc(OCCCC)c(C=CC(=O)c2ccc(N)cc2)c1OCCCC. The van der Waals surface area contributed by atoms with Crippen molar-refractivity contribution in [1.82, 2.24) is 0 Å². The average molecular weight is 436 g/mol. The summed E-state index contributed by atoms with van der Waals surface area (Å²) >= 11 is 0. The van der Waals surface area contributed by atoms with E-state index in [0.29, 0.717) is 24.5 Å². The zero-order valence-corrected chi connectivity index (χ0v) is 19.9. The zero-order chi connectivity index (χ0) is 23.6. The fourth-order valence-corrected chi connectivity index (χ4v) is 3.19. The molecule has 2 aromatic carbocycles. The van der Waals surface area contributed by atoms with Gasteiger partial charge in [-0.2, -0.15) is 0 Å². The summed E-state index contributed by atoms with van der Waals surface area (Å²) in [6.07, 6.45) is 9.28. The molecule has 32 heavy (non-hydrogen) atoms. The Labute approximate surface area is 193 Å². The summed E-state index contributed by atoms with van der Waals surface area (Å²) in [6, 6.07) is 10.9. The number of rotatable bonds is 13. The number of hydrogen-bond acceptors (Lipinski definition) is 4. The molecule has 0 aliphatic carbocycles. The molecule has 0 aromatic heterocycles. The number of benzene rings is 2. The predicted molar refractivity (Wildman–Crippen MR) is 135 cm³/mol. The van der Waals surface area contributed by atoms with E-state index in [1.807, 2.05) is 24.3 Å². The molecule has 2 N–H and O–H groups in total. The average Bonchev–Trinajstić information content (AvgIpc) is 2.78. The van der Waals surface area contributed by atoms with E-state index in [9.17, 15) is 4.79 Å². The van der Waals surface area contributed by atoms with Crippen molar-refractivity contribution in [1.29, 1.82) is 0 Å². The van der Waals surface area contributed by atoms with Crippen LogP contribution >= 0.6 is 0 Å². The van der Waals surface area contributed by atoms with Crippen molar-refractivity contribution < 1.29 is 14.3 Å². The third-order valence-electron chi connectivity index (χ3n) is 5.46. The molecular weight excluding hydrogens is 398 g/mol. The first kappa shape index (κ1) is 25.3. The Bertz CT molecular complexity index is 926. The van der Waals surface area contributed by atoms with Crippen LogP contribution in [0.3, 0.4) is 0 Å². The fraction of sp³-hybridized carbons (Fsp3) is 0.393. The predicted octanol–water partition coefficient (Wildman–Crippen LogP) is 6.99. The summed E-state index contributed by atoms with van der Waals surface area (Å²) in [5.41, 5.74) is 8.47. The Hall–Kier alpha value is -3.01. The molecule has 0 heterocycles. The first-order valence-electron chi connectivity index (χ1n) is 11.5. The number of allylic oxidation sites excluding steroid dienone is 2. The van der Waals surface area contributed by atoms with Gasteiger partial charge < -0.3 is 15.2 Å². The molecule has 2 aromatic rings. The monoisotopic (exact) mass is 435 g/mol. The molecule has 0 saturated carbocycles. The van der Waals surface area contributed by atoms with Crippen LogP contribution in [0.2, 0.25) is 0 Å². The molecule has 0 unspecified atom stereocenters. The Morgan fingerprint density at radius 1 is 1.00 bits per heavy atom. The topological polar surface area (TPSA) is 61.5 Å². The van der Waals surface area contributed by atoms with Gasteiger partial charge in [0.05, 0.1) is 18.8 Å². The van der Waals surface area contributed by atoms with Crippen LogP contribution in [0.15, 0.2) is 55.1 Å². The van der Waals surface area contributed by atoms with Gasteiger partial charge in [-0.25, -0.2) is 0 Å². The second-order valence-corrected chi connectivity index (χ2v) is 8.50. The van der Waals surface area contributed by atoms with E-state index in [0.717, 1.165) is 48.3 Å². The standard InChI is InChI=1S/C28H37NO3/c1-6-9-19-31-26-18-16-24(28(4,5)8-3)27(32-20-10-7-2)23(26)15-17-25(30)21-11-13-22(29)14-12-21/h8,11-18H,3,6-7,9-10,19-20,29H2,1-2,4-5H3. The van der Waals surface area contributed by atoms with E-state index in [4.69, 9.17) is 15.2 Å². The Balaban J connectivity index is 2.53. The van der Waals surface area contributed by atoms with Crippen LogP contribution in [-0.4, -0.2) is 19.0 Å². The summed E-state index contributed by atoms with van der Waals surface area (Å²) in [7, 11) is 0. The van der Waals surface area contributed by atoms with E-state index in [1.165, 1.54) is 0 Å². The van der Waals surface area contributed by atoms with Crippen LogP contribution in [-0.2, 0) is 5.41 Å². The Morgan fingerprint density at radius 2 is 1.62 bits per heavy atom. The van der Waals surface area contributed by atoms with Crippen molar-refractivity contribution in [3.05, 3.63) is 71.8 Å². The highest BCUT2D eigenvalue weighted by Gasteiger charge is 2.25. The second kappa shape index (κ2) is 12.1. The Kier molecular flexibility index (Phi) is 9.58. The van der Waals surface area contributed by atoms with Gasteiger partial charge in [0.2, 0.25) is 0 Å². The van der Waals surface area contributed by atoms with Crippen LogP contribution in [0.4, 0.5) is 5.69 Å². The van der Waals surface area contributed by atoms with E-state index in [2.05, 4.69) is 34.3 Å². The van der Waals surface area contributed by atoms with Gasteiger partial charge in [0.25, 0.3) is 0 Å². The maximum atomic E-state index is 12.8. The molecule has 0 atom stereocenters. The van der Waals surface area contributed by atoms with Gasteiger partial charge in [-0.05, 0) is 55.3 Å². The van der Waals surface area contributed by atoms with Crippen molar-refractivity contribution in [2.24, 2.45) is 0 Å². The molecule has 0 fully saturated rings. The van der Waals surface area contributed by atoms with Gasteiger partial charge in [0.1, 0.15) is 11.5 Å². The van der Waals surface area contributed by atoms with Crippen LogP contribution in [0, 0.1) is 0 Å². The number of carbonyl (C=O) groups excluding carboxylic acids is 1. The number of unbranched alkanes of at least 4 members (excludes halogenated alkanes) is 2. The molecule has 0 aliphatic rings. The van der Waals surface area contributed by atoms with Gasteiger partial charge in [0.15, 0.2) is 5.78 Å². The number of nitrogen functional groups attached to an aromatic ring is 1. The van der Waals surface area contributed by atoms with Crippen LogP contribution in [0.25, 0.3) is 6.08 Å². The van der Waals surface area contributed by atoms with Crippen molar-refractivity contribution in [3.63, 3.8) is 0 Å². The minimum absolute atomic E-state index is 0.0996. The minimum atomic E-state index is -0.299. The molecule has 0 saturated heterocycles. The lowest BCUT2D eigenvalue weighted by molar-refractivity contribution is 0.104. The quantitative estimate of drug-likeness (QED) is 0.121. The molecule has 4 nitrogen and oxygen atoms in total. The number of carbonyl (C=O) groups is 1. The highest BCUT2D eigenvalue weighted by atomic mass is 16.5. The molecule has 2 rings (SSSR count). The molecule has 0 radical (unpaired) electrons. The second-order valence-electron chi connectivity index (χ2n) is 8.50. The van der Waals surface area contributed by atoms with Crippen LogP contribution in [0.1, 0.15) is 74.9 Å². The Morgan fingerprint density at radius 3 is 2.22 bits per heavy atom. The fourth-order valence-electron chi connectivity index (χ4n) is 3.19. The lowest BCUT2D eigenvalue weighted by Crippen LogP contribution is -2.16.